The van der Waals surface area contributed by atoms with Crippen LogP contribution in [0.1, 0.15) is 39.8 Å². The van der Waals surface area contributed by atoms with Gasteiger partial charge in [0, 0.05) is 25.8 Å². The Morgan fingerprint density at radius 2 is 1.95 bits per heavy atom. The van der Waals surface area contributed by atoms with Crippen LogP contribution in [0.25, 0.3) is 10.9 Å². The highest BCUT2D eigenvalue weighted by atomic mass is 35.5. The van der Waals surface area contributed by atoms with Crippen molar-refractivity contribution in [1.29, 1.82) is 0 Å². The van der Waals surface area contributed by atoms with Crippen molar-refractivity contribution in [3.63, 3.8) is 0 Å². The molecule has 0 spiro atoms. The lowest BCUT2D eigenvalue weighted by Crippen LogP contribution is -2.47. The van der Waals surface area contributed by atoms with E-state index in [1.807, 2.05) is 0 Å². The third-order valence-corrected chi connectivity index (χ3v) is 6.88. The van der Waals surface area contributed by atoms with Gasteiger partial charge in [-0.1, -0.05) is 23.7 Å². The Balaban J connectivity index is 1.61. The summed E-state index contributed by atoms with van der Waals surface area (Å²) in [6.07, 6.45) is -3.08. The van der Waals surface area contributed by atoms with Gasteiger partial charge in [-0.3, -0.25) is 19.1 Å². The Hall–Kier alpha value is -3.70. The van der Waals surface area contributed by atoms with Crippen molar-refractivity contribution < 1.29 is 37.8 Å². The molecule has 1 aliphatic heterocycles. The predicted molar refractivity (Wildman–Crippen MR) is 133 cm³/mol. The lowest BCUT2D eigenvalue weighted by Gasteiger charge is -2.26. The molecule has 2 aromatic carbocycles. The van der Waals surface area contributed by atoms with Gasteiger partial charge in [0.1, 0.15) is 36.4 Å². The number of aromatic nitrogens is 2. The highest BCUT2D eigenvalue weighted by Gasteiger charge is 2.48. The molecule has 200 valence electrons. The molecule has 1 aromatic heterocycles. The zero-order valence-corrected chi connectivity index (χ0v) is 21.2. The number of hydrogen-bond donors (Lipinski definition) is 1. The van der Waals surface area contributed by atoms with Gasteiger partial charge >= 0.3 is 5.97 Å². The highest BCUT2D eigenvalue weighted by Crippen LogP contribution is 2.28. The summed E-state index contributed by atoms with van der Waals surface area (Å²) in [4.78, 5) is 51.2. The van der Waals surface area contributed by atoms with Crippen LogP contribution >= 0.6 is 11.6 Å². The van der Waals surface area contributed by atoms with Gasteiger partial charge in [-0.15, -0.1) is 0 Å². The second-order valence-corrected chi connectivity index (χ2v) is 9.39. The number of carbonyl (C=O) groups excluding carboxylic acids is 3. The number of carboxylic acid groups (broad SMARTS) is 1. The number of fused-ring (bicyclic) bond motifs is 1. The monoisotopic (exact) mass is 547 g/mol. The maximum atomic E-state index is 14.9. The van der Waals surface area contributed by atoms with E-state index in [2.05, 4.69) is 5.10 Å². The van der Waals surface area contributed by atoms with E-state index in [1.54, 1.807) is 6.07 Å². The van der Waals surface area contributed by atoms with Gasteiger partial charge in [-0.25, -0.2) is 13.6 Å². The van der Waals surface area contributed by atoms with Gasteiger partial charge in [-0.2, -0.15) is 5.10 Å². The SMILES string of the molecule is CO[C@H]1[C@@H](C(=O)CCc2cccc(Cl)c2F)N(C(=O)Cn2nc(C(C)=O)c3ccc(C(=O)O)cc32)C[C@@H]1F. The molecule has 0 saturated carbocycles. The predicted octanol–water partition coefficient (Wildman–Crippen LogP) is 3.50. The molecule has 2 heterocycles. The van der Waals surface area contributed by atoms with Crippen LogP contribution in [0.3, 0.4) is 0 Å². The number of aryl methyl sites for hydroxylation is 1. The summed E-state index contributed by atoms with van der Waals surface area (Å²) >= 11 is 5.81. The fraction of sp³-hybridized carbons (Fsp3) is 0.346. The number of likely N-dealkylation sites (tertiary alicyclic amines) is 1. The van der Waals surface area contributed by atoms with Crippen molar-refractivity contribution in [3.05, 3.63) is 64.1 Å². The van der Waals surface area contributed by atoms with Crippen LogP contribution < -0.4 is 0 Å². The first-order valence-electron chi connectivity index (χ1n) is 11.7. The number of aromatic carboxylic acids is 1. The first kappa shape index (κ1) is 27.3. The summed E-state index contributed by atoms with van der Waals surface area (Å²) in [6.45, 7) is 0.384. The third-order valence-electron chi connectivity index (χ3n) is 6.59. The number of Topliss-reactive ketones (excluding diaryl/α,β-unsaturated/α-hetero) is 2. The quantitative estimate of drug-likeness (QED) is 0.407. The van der Waals surface area contributed by atoms with Gasteiger partial charge in [0.15, 0.2) is 11.6 Å². The number of rotatable bonds is 9. The molecule has 0 bridgehead atoms. The molecule has 38 heavy (non-hydrogen) atoms. The van der Waals surface area contributed by atoms with E-state index in [9.17, 15) is 33.1 Å². The van der Waals surface area contributed by atoms with Crippen LogP contribution in [0, 0.1) is 5.82 Å². The lowest BCUT2D eigenvalue weighted by atomic mass is 9.99. The van der Waals surface area contributed by atoms with Gasteiger partial charge in [0.25, 0.3) is 0 Å². The zero-order chi connectivity index (χ0) is 27.7. The average Bonchev–Trinajstić information content (AvgIpc) is 3.41. The smallest absolute Gasteiger partial charge is 0.335 e. The van der Waals surface area contributed by atoms with Crippen LogP contribution in [-0.4, -0.2) is 75.2 Å². The molecular formula is C26H24ClF2N3O6. The van der Waals surface area contributed by atoms with Crippen LogP contribution in [-0.2, 0) is 27.3 Å². The summed E-state index contributed by atoms with van der Waals surface area (Å²) in [5.74, 6) is -3.46. The maximum absolute atomic E-state index is 14.9. The van der Waals surface area contributed by atoms with Crippen molar-refractivity contribution in [2.75, 3.05) is 13.7 Å². The summed E-state index contributed by atoms with van der Waals surface area (Å²) < 4.78 is 35.5. The molecule has 9 nitrogen and oxygen atoms in total. The molecule has 0 aliphatic carbocycles. The fourth-order valence-electron chi connectivity index (χ4n) is 4.72. The largest absolute Gasteiger partial charge is 0.478 e. The Bertz CT molecular complexity index is 1440. The third kappa shape index (κ3) is 5.16. The molecule has 1 saturated heterocycles. The van der Waals surface area contributed by atoms with Gasteiger partial charge in [0.05, 0.1) is 22.6 Å². The zero-order valence-electron chi connectivity index (χ0n) is 20.5. The Labute approximate surface area is 220 Å². The number of nitrogens with zero attached hydrogens (tertiary/aromatic N) is 3. The second-order valence-electron chi connectivity index (χ2n) is 8.99. The number of benzene rings is 2. The van der Waals surface area contributed by atoms with E-state index < -0.39 is 60.7 Å². The number of alkyl halides is 1. The Morgan fingerprint density at radius 3 is 2.61 bits per heavy atom. The average molecular weight is 548 g/mol. The lowest BCUT2D eigenvalue weighted by molar-refractivity contribution is -0.140. The highest BCUT2D eigenvalue weighted by molar-refractivity contribution is 6.30. The summed E-state index contributed by atoms with van der Waals surface area (Å²) in [7, 11) is 1.23. The molecule has 12 heteroatoms. The first-order chi connectivity index (χ1) is 18.0. The van der Waals surface area contributed by atoms with E-state index in [1.165, 1.54) is 44.4 Å². The van der Waals surface area contributed by atoms with E-state index in [0.29, 0.717) is 5.39 Å². The first-order valence-corrected chi connectivity index (χ1v) is 12.1. The molecular weight excluding hydrogens is 524 g/mol. The number of methoxy groups -OCH3 is 1. The fourth-order valence-corrected chi connectivity index (χ4v) is 4.92. The second kappa shape index (κ2) is 11.0. The summed E-state index contributed by atoms with van der Waals surface area (Å²) in [6, 6.07) is 7.17. The number of amides is 1. The van der Waals surface area contributed by atoms with E-state index in [4.69, 9.17) is 16.3 Å². The minimum atomic E-state index is -1.65. The summed E-state index contributed by atoms with van der Waals surface area (Å²) in [5.41, 5.74) is 0.399. The topological polar surface area (TPSA) is 119 Å². The number of ether oxygens (including phenoxy) is 1. The number of hydrogen-bond acceptors (Lipinski definition) is 6. The normalized spacial score (nSPS) is 19.2. The van der Waals surface area contributed by atoms with Crippen molar-refractivity contribution >= 4 is 45.9 Å². The molecule has 1 N–H and O–H groups in total. The van der Waals surface area contributed by atoms with Crippen molar-refractivity contribution in [1.82, 2.24) is 14.7 Å². The molecule has 4 rings (SSSR count). The van der Waals surface area contributed by atoms with Crippen LogP contribution in [0.5, 0.6) is 0 Å². The van der Waals surface area contributed by atoms with Crippen molar-refractivity contribution in [2.24, 2.45) is 0 Å². The van der Waals surface area contributed by atoms with E-state index >= 15 is 0 Å². The minimum absolute atomic E-state index is 0.0130. The van der Waals surface area contributed by atoms with E-state index in [0.717, 1.165) is 9.58 Å². The molecule has 3 atom stereocenters. The van der Waals surface area contributed by atoms with E-state index in [-0.39, 0.29) is 40.2 Å². The minimum Gasteiger partial charge on any atom is -0.478 e. The standard InChI is InChI=1S/C26H24ClF2N3O6/c1-13(33)23-16-8-6-15(26(36)37)10-19(16)32(30-23)12-21(35)31-11-18(28)25(38-2)24(31)20(34)9-7-14-4-3-5-17(27)22(14)29/h3-6,8,10,18,24-25H,7,9,11-12H2,1-2H3,(H,36,37)/t18-,24+,25+/m0/s1. The maximum Gasteiger partial charge on any atom is 0.335 e. The molecule has 0 unspecified atom stereocenters. The Morgan fingerprint density at radius 1 is 1.21 bits per heavy atom. The van der Waals surface area contributed by atoms with Crippen LogP contribution in [0.15, 0.2) is 36.4 Å². The number of ketones is 2. The molecule has 0 radical (unpaired) electrons. The van der Waals surface area contributed by atoms with Crippen molar-refractivity contribution in [2.45, 2.75) is 44.6 Å². The molecule has 1 fully saturated rings. The Kier molecular flexibility index (Phi) is 7.89. The number of halogens is 3. The molecule has 1 amide bonds. The van der Waals surface area contributed by atoms with Gasteiger partial charge in [0.2, 0.25) is 5.91 Å². The van der Waals surface area contributed by atoms with Crippen LogP contribution in [0.4, 0.5) is 8.78 Å². The molecule has 1 aliphatic rings. The van der Waals surface area contributed by atoms with Crippen LogP contribution in [0.2, 0.25) is 5.02 Å². The van der Waals surface area contributed by atoms with Gasteiger partial charge in [-0.05, 0) is 36.2 Å². The van der Waals surface area contributed by atoms with Gasteiger partial charge < -0.3 is 14.7 Å². The molecule has 3 aromatic rings. The summed E-state index contributed by atoms with van der Waals surface area (Å²) in [5, 5.41) is 13.8. The van der Waals surface area contributed by atoms with Crippen molar-refractivity contribution in [3.8, 4) is 0 Å². The number of carboxylic acids is 1. The number of carbonyl (C=O) groups is 4.